The number of anilines is 2. The molecule has 8 heteroatoms. The highest BCUT2D eigenvalue weighted by atomic mass is 32.2. The second-order valence-electron chi connectivity index (χ2n) is 4.97. The zero-order chi connectivity index (χ0) is 17.7. The lowest BCUT2D eigenvalue weighted by Gasteiger charge is -2.07. The van der Waals surface area contributed by atoms with Gasteiger partial charge in [0, 0.05) is 16.9 Å². The summed E-state index contributed by atoms with van der Waals surface area (Å²) in [5.74, 6) is -0.812. The quantitative estimate of drug-likeness (QED) is 0.806. The monoisotopic (exact) mass is 348 g/mol. The lowest BCUT2D eigenvalue weighted by Crippen LogP contribution is -2.13. The Morgan fingerprint density at radius 3 is 1.88 bits per heavy atom. The van der Waals surface area contributed by atoms with Crippen molar-refractivity contribution in [1.82, 2.24) is 0 Å². The topological polar surface area (TPSA) is 102 Å². The fourth-order valence-corrected chi connectivity index (χ4v) is 2.48. The zero-order valence-electron chi connectivity index (χ0n) is 13.1. The lowest BCUT2D eigenvalue weighted by molar-refractivity contribution is 0.0600. The zero-order valence-corrected chi connectivity index (χ0v) is 13.9. The van der Waals surface area contributed by atoms with Gasteiger partial charge in [-0.15, -0.1) is 0 Å². The van der Waals surface area contributed by atoms with Gasteiger partial charge >= 0.3 is 5.97 Å². The maximum Gasteiger partial charge on any atom is 0.337 e. The Morgan fingerprint density at radius 1 is 0.875 bits per heavy atom. The lowest BCUT2D eigenvalue weighted by atomic mass is 10.1. The third kappa shape index (κ3) is 4.82. The average molecular weight is 348 g/mol. The number of hydrogen-bond donors (Lipinski definition) is 2. The molecule has 0 heterocycles. The van der Waals surface area contributed by atoms with Crippen LogP contribution in [0.1, 0.15) is 20.7 Å². The van der Waals surface area contributed by atoms with Crippen molar-refractivity contribution in [3.8, 4) is 0 Å². The summed E-state index contributed by atoms with van der Waals surface area (Å²) in [6, 6.07) is 12.3. The van der Waals surface area contributed by atoms with Crippen LogP contribution < -0.4 is 10.0 Å². The molecule has 2 aromatic rings. The Morgan fingerprint density at radius 2 is 1.38 bits per heavy atom. The van der Waals surface area contributed by atoms with Crippen LogP contribution in [0.4, 0.5) is 11.4 Å². The van der Waals surface area contributed by atoms with Gasteiger partial charge in [-0.2, -0.15) is 0 Å². The second kappa shape index (κ2) is 7.14. The van der Waals surface area contributed by atoms with Gasteiger partial charge < -0.3 is 10.1 Å². The molecule has 0 aliphatic carbocycles. The van der Waals surface area contributed by atoms with E-state index in [2.05, 4.69) is 14.8 Å². The first kappa shape index (κ1) is 17.5. The Hall–Kier alpha value is -2.87. The van der Waals surface area contributed by atoms with Crippen molar-refractivity contribution in [2.24, 2.45) is 0 Å². The number of amides is 1. The van der Waals surface area contributed by atoms with E-state index in [0.29, 0.717) is 22.5 Å². The van der Waals surface area contributed by atoms with Crippen LogP contribution in [-0.2, 0) is 14.8 Å². The minimum absolute atomic E-state index is 0.355. The molecule has 7 nitrogen and oxygen atoms in total. The van der Waals surface area contributed by atoms with Crippen molar-refractivity contribution in [3.05, 3.63) is 59.7 Å². The number of esters is 1. The Balaban J connectivity index is 2.05. The molecule has 0 aliphatic heterocycles. The van der Waals surface area contributed by atoms with E-state index in [9.17, 15) is 18.0 Å². The number of carbonyl (C=O) groups excluding carboxylic acids is 2. The fraction of sp³-hybridized carbons (Fsp3) is 0.125. The first-order chi connectivity index (χ1) is 11.3. The summed E-state index contributed by atoms with van der Waals surface area (Å²) in [6.45, 7) is 0. The fourth-order valence-electron chi connectivity index (χ4n) is 1.91. The van der Waals surface area contributed by atoms with Crippen molar-refractivity contribution in [2.75, 3.05) is 23.4 Å². The molecule has 126 valence electrons. The first-order valence-electron chi connectivity index (χ1n) is 6.86. The smallest absolute Gasteiger partial charge is 0.337 e. The van der Waals surface area contributed by atoms with Gasteiger partial charge in [-0.25, -0.2) is 13.2 Å². The predicted molar refractivity (Wildman–Crippen MR) is 90.6 cm³/mol. The third-order valence-corrected chi connectivity index (χ3v) is 3.62. The maximum absolute atomic E-state index is 12.1. The number of nitrogens with one attached hydrogen (secondary N) is 2. The van der Waals surface area contributed by atoms with Gasteiger partial charge in [0.1, 0.15) is 0 Å². The molecular weight excluding hydrogens is 332 g/mol. The molecule has 0 aliphatic rings. The van der Waals surface area contributed by atoms with Crippen LogP contribution in [0.25, 0.3) is 0 Å². The number of hydrogen-bond acceptors (Lipinski definition) is 5. The van der Waals surface area contributed by atoms with Gasteiger partial charge in [0.25, 0.3) is 5.91 Å². The van der Waals surface area contributed by atoms with Gasteiger partial charge in [-0.3, -0.25) is 9.52 Å². The molecule has 0 spiro atoms. The van der Waals surface area contributed by atoms with Gasteiger partial charge in [0.2, 0.25) is 10.0 Å². The van der Waals surface area contributed by atoms with E-state index in [4.69, 9.17) is 0 Å². The SMILES string of the molecule is COC(=O)c1ccc(NC(=O)c2ccc(NS(C)(=O)=O)cc2)cc1. The van der Waals surface area contributed by atoms with Crippen molar-refractivity contribution in [1.29, 1.82) is 0 Å². The molecule has 0 atom stereocenters. The standard InChI is InChI=1S/C16H16N2O5S/c1-23-16(20)12-5-7-13(8-6-12)17-15(19)11-3-9-14(10-4-11)18-24(2,21)22/h3-10,18H,1-2H3,(H,17,19). The highest BCUT2D eigenvalue weighted by molar-refractivity contribution is 7.92. The van der Waals surface area contributed by atoms with E-state index in [1.165, 1.54) is 31.4 Å². The summed E-state index contributed by atoms with van der Waals surface area (Å²) in [4.78, 5) is 23.5. The van der Waals surface area contributed by atoms with Crippen LogP contribution >= 0.6 is 0 Å². The van der Waals surface area contributed by atoms with E-state index >= 15 is 0 Å². The molecular formula is C16H16N2O5S. The van der Waals surface area contributed by atoms with Crippen molar-refractivity contribution in [2.45, 2.75) is 0 Å². The largest absolute Gasteiger partial charge is 0.465 e. The normalized spacial score (nSPS) is 10.8. The van der Waals surface area contributed by atoms with Crippen molar-refractivity contribution in [3.63, 3.8) is 0 Å². The van der Waals surface area contributed by atoms with Crippen molar-refractivity contribution >= 4 is 33.3 Å². The molecule has 2 rings (SSSR count). The number of rotatable bonds is 5. The maximum atomic E-state index is 12.1. The molecule has 0 bridgehead atoms. The van der Waals surface area contributed by atoms with Gasteiger partial charge in [0.05, 0.1) is 18.9 Å². The van der Waals surface area contributed by atoms with Gasteiger partial charge in [-0.05, 0) is 48.5 Å². The molecule has 0 unspecified atom stereocenters. The molecule has 0 radical (unpaired) electrons. The molecule has 0 saturated heterocycles. The predicted octanol–water partition coefficient (Wildman–Crippen LogP) is 2.10. The second-order valence-corrected chi connectivity index (χ2v) is 6.72. The third-order valence-electron chi connectivity index (χ3n) is 3.01. The summed E-state index contributed by atoms with van der Waals surface area (Å²) in [7, 11) is -2.07. The minimum Gasteiger partial charge on any atom is -0.465 e. The summed E-state index contributed by atoms with van der Waals surface area (Å²) < 4.78 is 29.2. The minimum atomic E-state index is -3.36. The molecule has 24 heavy (non-hydrogen) atoms. The van der Waals surface area contributed by atoms with E-state index < -0.39 is 16.0 Å². The number of sulfonamides is 1. The number of ether oxygens (including phenoxy) is 1. The number of methoxy groups -OCH3 is 1. The van der Waals surface area contributed by atoms with Crippen LogP contribution in [0.2, 0.25) is 0 Å². The Kier molecular flexibility index (Phi) is 5.20. The van der Waals surface area contributed by atoms with E-state index in [-0.39, 0.29) is 5.91 Å². The van der Waals surface area contributed by atoms with Crippen LogP contribution in [0, 0.1) is 0 Å². The van der Waals surface area contributed by atoms with E-state index in [0.717, 1.165) is 6.26 Å². The van der Waals surface area contributed by atoms with Crippen LogP contribution in [0.5, 0.6) is 0 Å². The van der Waals surface area contributed by atoms with Crippen LogP contribution in [0.15, 0.2) is 48.5 Å². The molecule has 0 aromatic heterocycles. The molecule has 0 saturated carbocycles. The van der Waals surface area contributed by atoms with Crippen LogP contribution in [0.3, 0.4) is 0 Å². The van der Waals surface area contributed by atoms with Gasteiger partial charge in [0.15, 0.2) is 0 Å². The van der Waals surface area contributed by atoms with Crippen LogP contribution in [-0.4, -0.2) is 33.7 Å². The number of benzene rings is 2. The van der Waals surface area contributed by atoms with Gasteiger partial charge in [-0.1, -0.05) is 0 Å². The molecule has 2 aromatic carbocycles. The number of carbonyl (C=O) groups is 2. The average Bonchev–Trinajstić information content (AvgIpc) is 2.54. The van der Waals surface area contributed by atoms with E-state index in [1.54, 1.807) is 24.3 Å². The highest BCUT2D eigenvalue weighted by Gasteiger charge is 2.09. The Bertz CT molecular complexity index is 843. The summed E-state index contributed by atoms with van der Waals surface area (Å²) >= 11 is 0. The molecule has 2 N–H and O–H groups in total. The summed E-state index contributed by atoms with van der Waals surface area (Å²) in [5.41, 5.74) is 1.64. The molecule has 0 fully saturated rings. The summed E-state index contributed by atoms with van der Waals surface area (Å²) in [6.07, 6.45) is 1.05. The summed E-state index contributed by atoms with van der Waals surface area (Å²) in [5, 5.41) is 2.68. The highest BCUT2D eigenvalue weighted by Crippen LogP contribution is 2.14. The van der Waals surface area contributed by atoms with E-state index in [1.807, 2.05) is 0 Å². The first-order valence-corrected chi connectivity index (χ1v) is 8.75. The van der Waals surface area contributed by atoms with Crippen molar-refractivity contribution < 1.29 is 22.7 Å². The molecule has 1 amide bonds. The Labute approximate surface area is 139 Å².